The van der Waals surface area contributed by atoms with Crippen LogP contribution in [0.4, 0.5) is 0 Å². The first-order chi connectivity index (χ1) is 22.6. The third-order valence-electron chi connectivity index (χ3n) is 8.52. The highest BCUT2D eigenvalue weighted by molar-refractivity contribution is 5.76. The van der Waals surface area contributed by atoms with Crippen LogP contribution in [-0.2, 0) is 21.5 Å². The smallest absolute Gasteiger partial charge is 0.222 e. The van der Waals surface area contributed by atoms with Crippen LogP contribution in [0.3, 0.4) is 0 Å². The molecule has 4 heteroatoms. The van der Waals surface area contributed by atoms with Gasteiger partial charge < -0.3 is 14.4 Å². The van der Waals surface area contributed by atoms with Gasteiger partial charge in [0, 0.05) is 19.5 Å². The van der Waals surface area contributed by atoms with Gasteiger partial charge in [-0.25, -0.2) is 0 Å². The van der Waals surface area contributed by atoms with Crippen LogP contribution in [0.5, 0.6) is 5.75 Å². The molecule has 0 aromatic heterocycles. The summed E-state index contributed by atoms with van der Waals surface area (Å²) in [4.78, 5) is 15.1. The molecule has 0 radical (unpaired) electrons. The lowest BCUT2D eigenvalue weighted by atomic mass is 9.72. The molecule has 0 aliphatic heterocycles. The SMILES string of the molecule is CCCCC/C=C/C/C=C\CCCCCCCC(=O)N(CCOCCOc1ccc(C(C)(C)CC(C)(C)C)cc1)Cc1ccccc1. The number of carbonyl (C=O) groups excluding carboxylic acids is 1. The Bertz CT molecular complexity index is 1130. The van der Waals surface area contributed by atoms with Gasteiger partial charge in [-0.2, -0.15) is 0 Å². The molecule has 0 atom stereocenters. The lowest BCUT2D eigenvalue weighted by molar-refractivity contribution is -0.132. The second-order valence-electron chi connectivity index (χ2n) is 14.9. The van der Waals surface area contributed by atoms with Crippen molar-refractivity contribution in [1.82, 2.24) is 4.90 Å². The van der Waals surface area contributed by atoms with E-state index in [0.29, 0.717) is 39.3 Å². The van der Waals surface area contributed by atoms with E-state index >= 15 is 0 Å². The number of allylic oxidation sites excluding steroid dienone is 4. The first-order valence-corrected chi connectivity index (χ1v) is 18.5. The summed E-state index contributed by atoms with van der Waals surface area (Å²) in [5.74, 6) is 1.08. The molecule has 4 nitrogen and oxygen atoms in total. The number of hydrogen-bond donors (Lipinski definition) is 0. The van der Waals surface area contributed by atoms with Crippen molar-refractivity contribution in [2.24, 2.45) is 5.41 Å². The molecule has 0 fully saturated rings. The Hall–Kier alpha value is -2.85. The van der Waals surface area contributed by atoms with E-state index in [-0.39, 0.29) is 16.7 Å². The predicted molar refractivity (Wildman–Crippen MR) is 201 cm³/mol. The number of ether oxygens (including phenoxy) is 2. The van der Waals surface area contributed by atoms with E-state index in [1.54, 1.807) is 0 Å². The first-order valence-electron chi connectivity index (χ1n) is 18.5. The maximum Gasteiger partial charge on any atom is 0.222 e. The highest BCUT2D eigenvalue weighted by Crippen LogP contribution is 2.36. The van der Waals surface area contributed by atoms with Crippen LogP contribution in [0.1, 0.15) is 136 Å². The van der Waals surface area contributed by atoms with Gasteiger partial charge in [0.1, 0.15) is 12.4 Å². The van der Waals surface area contributed by atoms with E-state index in [2.05, 4.69) is 102 Å². The standard InChI is InChI=1S/C43H67NO3/c1-7-8-9-10-11-12-13-14-15-16-17-18-19-20-24-27-41(45)44(36-38-25-22-21-23-26-38)32-33-46-34-35-47-40-30-28-39(29-31-40)43(5,6)37-42(2,3)4/h11-12,14-15,21-23,25-26,28-31H,7-10,13,16-20,24,27,32-37H2,1-6H3/b12-11+,15-14-. The van der Waals surface area contributed by atoms with Crippen molar-refractivity contribution in [2.45, 2.75) is 137 Å². The van der Waals surface area contributed by atoms with Gasteiger partial charge in [0.25, 0.3) is 0 Å². The van der Waals surface area contributed by atoms with Crippen molar-refractivity contribution >= 4 is 5.91 Å². The van der Waals surface area contributed by atoms with Crippen molar-refractivity contribution < 1.29 is 14.3 Å². The molecule has 0 N–H and O–H groups in total. The van der Waals surface area contributed by atoms with Crippen LogP contribution in [-0.4, -0.2) is 37.2 Å². The molecule has 0 bridgehead atoms. The minimum Gasteiger partial charge on any atom is -0.491 e. The molecule has 0 spiro atoms. The fourth-order valence-electron chi connectivity index (χ4n) is 6.27. The molecule has 0 heterocycles. The molecule has 1 amide bonds. The average molecular weight is 646 g/mol. The first kappa shape index (κ1) is 40.3. The Morgan fingerprint density at radius 2 is 1.36 bits per heavy atom. The van der Waals surface area contributed by atoms with Crippen molar-refractivity contribution in [1.29, 1.82) is 0 Å². The Morgan fingerprint density at radius 1 is 0.723 bits per heavy atom. The summed E-state index contributed by atoms with van der Waals surface area (Å²) >= 11 is 0. The summed E-state index contributed by atoms with van der Waals surface area (Å²) in [6.45, 7) is 16.5. The fourth-order valence-corrected chi connectivity index (χ4v) is 6.27. The summed E-state index contributed by atoms with van der Waals surface area (Å²) in [6.07, 6.45) is 24.0. The molecule has 47 heavy (non-hydrogen) atoms. The molecule has 2 aromatic rings. The minimum absolute atomic E-state index is 0.116. The lowest BCUT2D eigenvalue weighted by Crippen LogP contribution is -2.33. The molecule has 262 valence electrons. The van der Waals surface area contributed by atoms with Crippen LogP contribution in [0.2, 0.25) is 0 Å². The largest absolute Gasteiger partial charge is 0.491 e. The molecular formula is C43H67NO3. The minimum atomic E-state index is 0.116. The maximum absolute atomic E-state index is 13.2. The zero-order valence-corrected chi connectivity index (χ0v) is 30.9. The number of nitrogens with zero attached hydrogens (tertiary/aromatic N) is 1. The van der Waals surface area contributed by atoms with Crippen LogP contribution < -0.4 is 4.74 Å². The summed E-state index contributed by atoms with van der Waals surface area (Å²) in [6, 6.07) is 18.7. The van der Waals surface area contributed by atoms with Crippen LogP contribution >= 0.6 is 0 Å². The third kappa shape index (κ3) is 19.5. The molecule has 0 saturated carbocycles. The Kier molecular flexibility index (Phi) is 20.1. The van der Waals surface area contributed by atoms with Gasteiger partial charge in [0.15, 0.2) is 0 Å². The Labute approximate surface area is 289 Å². The molecular weight excluding hydrogens is 578 g/mol. The van der Waals surface area contributed by atoms with E-state index in [0.717, 1.165) is 43.4 Å². The summed E-state index contributed by atoms with van der Waals surface area (Å²) in [7, 11) is 0. The molecule has 2 rings (SSSR count). The summed E-state index contributed by atoms with van der Waals surface area (Å²) < 4.78 is 11.9. The Balaban J connectivity index is 1.64. The molecule has 0 unspecified atom stereocenters. The van der Waals surface area contributed by atoms with Gasteiger partial charge in [0.05, 0.1) is 13.2 Å². The molecule has 2 aromatic carbocycles. The van der Waals surface area contributed by atoms with Crippen molar-refractivity contribution in [3.8, 4) is 5.75 Å². The van der Waals surface area contributed by atoms with Gasteiger partial charge in [-0.1, -0.05) is 140 Å². The summed E-state index contributed by atoms with van der Waals surface area (Å²) in [5.41, 5.74) is 2.88. The number of benzene rings is 2. The van der Waals surface area contributed by atoms with Crippen LogP contribution in [0.15, 0.2) is 78.9 Å². The van der Waals surface area contributed by atoms with Gasteiger partial charge in [0.2, 0.25) is 5.91 Å². The predicted octanol–water partition coefficient (Wildman–Crippen LogP) is 11.6. The van der Waals surface area contributed by atoms with Crippen molar-refractivity contribution in [3.63, 3.8) is 0 Å². The fraction of sp³-hybridized carbons (Fsp3) is 0.605. The van der Waals surface area contributed by atoms with E-state index in [1.165, 1.54) is 50.5 Å². The van der Waals surface area contributed by atoms with Crippen LogP contribution in [0, 0.1) is 5.41 Å². The highest BCUT2D eigenvalue weighted by atomic mass is 16.5. The third-order valence-corrected chi connectivity index (χ3v) is 8.52. The van der Waals surface area contributed by atoms with E-state index in [1.807, 2.05) is 23.1 Å². The summed E-state index contributed by atoms with van der Waals surface area (Å²) in [5, 5.41) is 0. The van der Waals surface area contributed by atoms with E-state index in [4.69, 9.17) is 9.47 Å². The Morgan fingerprint density at radius 3 is 2.02 bits per heavy atom. The number of unbranched alkanes of at least 4 members (excludes halogenated alkanes) is 8. The number of carbonyl (C=O) groups is 1. The number of amides is 1. The quantitative estimate of drug-likeness (QED) is 0.0796. The van der Waals surface area contributed by atoms with Gasteiger partial charge in [-0.15, -0.1) is 0 Å². The zero-order chi connectivity index (χ0) is 34.2. The van der Waals surface area contributed by atoms with Crippen molar-refractivity contribution in [3.05, 3.63) is 90.0 Å². The van der Waals surface area contributed by atoms with E-state index < -0.39 is 0 Å². The molecule has 0 aliphatic carbocycles. The molecule has 0 aliphatic rings. The van der Waals surface area contributed by atoms with E-state index in [9.17, 15) is 4.79 Å². The average Bonchev–Trinajstić information content (AvgIpc) is 3.03. The van der Waals surface area contributed by atoms with Gasteiger partial charge >= 0.3 is 0 Å². The van der Waals surface area contributed by atoms with Gasteiger partial charge in [-0.3, -0.25) is 4.79 Å². The van der Waals surface area contributed by atoms with Gasteiger partial charge in [-0.05, 0) is 79.0 Å². The normalized spacial score (nSPS) is 12.3. The number of hydrogen-bond acceptors (Lipinski definition) is 3. The monoisotopic (exact) mass is 646 g/mol. The number of rotatable bonds is 25. The highest BCUT2D eigenvalue weighted by Gasteiger charge is 2.27. The lowest BCUT2D eigenvalue weighted by Gasteiger charge is -2.33. The molecule has 0 saturated heterocycles. The maximum atomic E-state index is 13.2. The van der Waals surface area contributed by atoms with Crippen molar-refractivity contribution in [2.75, 3.05) is 26.4 Å². The van der Waals surface area contributed by atoms with Crippen LogP contribution in [0.25, 0.3) is 0 Å². The zero-order valence-electron chi connectivity index (χ0n) is 30.9. The topological polar surface area (TPSA) is 38.8 Å². The second kappa shape index (κ2) is 23.5. The second-order valence-corrected chi connectivity index (χ2v) is 14.9.